The third kappa shape index (κ3) is 3.76. The van der Waals surface area contributed by atoms with Crippen LogP contribution in [0.15, 0.2) is 41.6 Å². The van der Waals surface area contributed by atoms with Crippen molar-refractivity contribution in [1.29, 1.82) is 0 Å². The van der Waals surface area contributed by atoms with Crippen LogP contribution in [0.5, 0.6) is 0 Å². The molecule has 2 aromatic heterocycles. The maximum Gasteiger partial charge on any atom is 0.271 e. The zero-order valence-electron chi connectivity index (χ0n) is 13.2. The number of hydrogen-bond donors (Lipinski definition) is 2. The molecule has 1 aliphatic rings. The first-order valence-corrected chi connectivity index (χ1v) is 8.44. The fourth-order valence-corrected chi connectivity index (χ4v) is 3.10. The number of H-pyrrole nitrogens is 1. The Bertz CT molecular complexity index is 763. The fourth-order valence-electron chi connectivity index (χ4n) is 2.93. The number of amides is 1. The molecule has 0 saturated carbocycles. The van der Waals surface area contributed by atoms with Crippen molar-refractivity contribution in [3.8, 4) is 11.1 Å². The Labute approximate surface area is 144 Å². The highest BCUT2D eigenvalue weighted by Gasteiger charge is 2.23. The lowest BCUT2D eigenvalue weighted by atomic mass is 10.0. The quantitative estimate of drug-likeness (QED) is 0.831. The van der Waals surface area contributed by atoms with Crippen molar-refractivity contribution in [3.63, 3.8) is 0 Å². The number of alkyl halides is 1. The van der Waals surface area contributed by atoms with Crippen LogP contribution in [0.3, 0.4) is 0 Å². The van der Waals surface area contributed by atoms with Crippen LogP contribution in [0.4, 0.5) is 5.69 Å². The lowest BCUT2D eigenvalue weighted by Crippen LogP contribution is -2.46. The number of hydrogen-bond acceptors (Lipinski definition) is 4. The molecule has 0 unspecified atom stereocenters. The van der Waals surface area contributed by atoms with E-state index in [1.807, 2.05) is 18.2 Å². The fraction of sp³-hybridized carbons (Fsp3) is 0.353. The number of pyridine rings is 2. The minimum atomic E-state index is -0.173. The van der Waals surface area contributed by atoms with Gasteiger partial charge in [0.2, 0.25) is 5.91 Å². The summed E-state index contributed by atoms with van der Waals surface area (Å²) in [6.07, 6.45) is 6.91. The lowest BCUT2D eigenvalue weighted by molar-refractivity contribution is -0.129. The first-order chi connectivity index (χ1) is 11.7. The molecule has 0 bridgehead atoms. The molecule has 0 radical (unpaired) electrons. The molecule has 7 heteroatoms. The van der Waals surface area contributed by atoms with Gasteiger partial charge in [-0.1, -0.05) is 0 Å². The molecule has 3 heterocycles. The smallest absolute Gasteiger partial charge is 0.271 e. The van der Waals surface area contributed by atoms with Gasteiger partial charge in [0, 0.05) is 43.3 Å². The van der Waals surface area contributed by atoms with Gasteiger partial charge in [-0.05, 0) is 36.6 Å². The molecule has 126 valence electrons. The first-order valence-electron chi connectivity index (χ1n) is 7.91. The van der Waals surface area contributed by atoms with Crippen molar-refractivity contribution in [2.75, 3.05) is 24.3 Å². The van der Waals surface area contributed by atoms with E-state index in [0.717, 1.165) is 30.5 Å². The van der Waals surface area contributed by atoms with E-state index in [2.05, 4.69) is 15.3 Å². The number of likely N-dealkylation sites (tertiary alicyclic amines) is 1. The number of nitrogens with zero attached hydrogens (tertiary/aromatic N) is 2. The largest absolute Gasteiger partial charge is 0.376 e. The van der Waals surface area contributed by atoms with Crippen LogP contribution in [0, 0.1) is 0 Å². The number of aromatic nitrogens is 2. The van der Waals surface area contributed by atoms with E-state index in [4.69, 9.17) is 11.6 Å². The molecule has 0 aromatic carbocycles. The predicted molar refractivity (Wildman–Crippen MR) is 94.2 cm³/mol. The third-order valence-electron chi connectivity index (χ3n) is 4.16. The molecular weight excluding hydrogens is 328 g/mol. The maximum atomic E-state index is 12.1. The van der Waals surface area contributed by atoms with E-state index < -0.39 is 0 Å². The van der Waals surface area contributed by atoms with E-state index in [9.17, 15) is 9.59 Å². The molecule has 1 saturated heterocycles. The van der Waals surface area contributed by atoms with Gasteiger partial charge in [0.25, 0.3) is 5.56 Å². The molecule has 6 nitrogen and oxygen atoms in total. The molecule has 24 heavy (non-hydrogen) atoms. The van der Waals surface area contributed by atoms with Gasteiger partial charge in [0.05, 0.1) is 0 Å². The summed E-state index contributed by atoms with van der Waals surface area (Å²) in [5, 5.41) is 3.27. The van der Waals surface area contributed by atoms with Gasteiger partial charge in [-0.15, -0.1) is 11.6 Å². The van der Waals surface area contributed by atoms with Crippen molar-refractivity contribution < 1.29 is 4.79 Å². The van der Waals surface area contributed by atoms with Crippen LogP contribution in [-0.4, -0.2) is 45.8 Å². The number of anilines is 1. The zero-order chi connectivity index (χ0) is 16.9. The first kappa shape index (κ1) is 16.5. The molecule has 3 rings (SSSR count). The predicted octanol–water partition coefficient (Wildman–Crippen LogP) is 2.08. The number of rotatable bonds is 4. The summed E-state index contributed by atoms with van der Waals surface area (Å²) in [6.45, 7) is 1.28. The SMILES string of the molecule is O=C(CCl)N1CCC[C@@H](Nc2cc(-c3ccncc3)c[nH]c2=O)C1. The summed E-state index contributed by atoms with van der Waals surface area (Å²) in [5.74, 6) is -0.0761. The third-order valence-corrected chi connectivity index (χ3v) is 4.39. The van der Waals surface area contributed by atoms with Crippen molar-refractivity contribution in [2.24, 2.45) is 0 Å². The Kier molecular flexibility index (Phi) is 5.15. The normalized spacial score (nSPS) is 17.5. The van der Waals surface area contributed by atoms with Crippen LogP contribution >= 0.6 is 11.6 Å². The zero-order valence-corrected chi connectivity index (χ0v) is 13.9. The van der Waals surface area contributed by atoms with Gasteiger partial charge < -0.3 is 15.2 Å². The number of halogens is 1. The van der Waals surface area contributed by atoms with Crippen molar-refractivity contribution in [1.82, 2.24) is 14.9 Å². The van der Waals surface area contributed by atoms with Crippen LogP contribution in [0.1, 0.15) is 12.8 Å². The van der Waals surface area contributed by atoms with E-state index in [0.29, 0.717) is 12.2 Å². The van der Waals surface area contributed by atoms with Gasteiger partial charge in [0.15, 0.2) is 0 Å². The molecule has 1 atom stereocenters. The number of nitrogens with one attached hydrogen (secondary N) is 2. The van der Waals surface area contributed by atoms with E-state index in [1.165, 1.54) is 0 Å². The molecule has 0 aliphatic carbocycles. The number of aromatic amines is 1. The Morgan fingerprint density at radius 3 is 2.92 bits per heavy atom. The van der Waals surface area contributed by atoms with Crippen LogP contribution in [0.2, 0.25) is 0 Å². The van der Waals surface area contributed by atoms with Crippen molar-refractivity contribution in [2.45, 2.75) is 18.9 Å². The summed E-state index contributed by atoms with van der Waals surface area (Å²) in [7, 11) is 0. The van der Waals surface area contributed by atoms with Gasteiger partial charge in [-0.25, -0.2) is 0 Å². The van der Waals surface area contributed by atoms with Crippen LogP contribution < -0.4 is 10.9 Å². The van der Waals surface area contributed by atoms with Crippen LogP contribution in [-0.2, 0) is 4.79 Å². The summed E-state index contributed by atoms with van der Waals surface area (Å²) in [4.78, 5) is 32.4. The molecule has 2 aromatic rings. The molecule has 1 amide bonds. The van der Waals surface area contributed by atoms with Crippen molar-refractivity contribution >= 4 is 23.2 Å². The summed E-state index contributed by atoms with van der Waals surface area (Å²) in [6, 6.07) is 5.65. The topological polar surface area (TPSA) is 78.1 Å². The lowest BCUT2D eigenvalue weighted by Gasteiger charge is -2.33. The molecule has 2 N–H and O–H groups in total. The molecule has 1 aliphatic heterocycles. The van der Waals surface area contributed by atoms with Crippen LogP contribution in [0.25, 0.3) is 11.1 Å². The van der Waals surface area contributed by atoms with Crippen molar-refractivity contribution in [3.05, 3.63) is 47.1 Å². The second kappa shape index (κ2) is 7.49. The van der Waals surface area contributed by atoms with E-state index in [1.54, 1.807) is 23.5 Å². The van der Waals surface area contributed by atoms with Gasteiger partial charge in [-0.3, -0.25) is 14.6 Å². The standard InChI is InChI=1S/C17H19ClN4O2/c18-9-16(23)22-7-1-2-14(11-22)21-15-8-13(10-20-17(15)24)12-3-5-19-6-4-12/h3-6,8,10,14,21H,1-2,7,9,11H2,(H,20,24)/t14-/m1/s1. The maximum absolute atomic E-state index is 12.1. The highest BCUT2D eigenvalue weighted by Crippen LogP contribution is 2.20. The van der Waals surface area contributed by atoms with Gasteiger partial charge >= 0.3 is 0 Å². The Hall–Kier alpha value is -2.34. The highest BCUT2D eigenvalue weighted by atomic mass is 35.5. The second-order valence-corrected chi connectivity index (χ2v) is 6.09. The summed E-state index contributed by atoms with van der Waals surface area (Å²) in [5.41, 5.74) is 2.22. The number of carbonyl (C=O) groups is 1. The number of piperidine rings is 1. The monoisotopic (exact) mass is 346 g/mol. The summed E-state index contributed by atoms with van der Waals surface area (Å²) >= 11 is 5.64. The average molecular weight is 347 g/mol. The van der Waals surface area contributed by atoms with E-state index in [-0.39, 0.29) is 23.4 Å². The van der Waals surface area contributed by atoms with E-state index >= 15 is 0 Å². The van der Waals surface area contributed by atoms with Gasteiger partial charge in [-0.2, -0.15) is 0 Å². The minimum Gasteiger partial charge on any atom is -0.376 e. The summed E-state index contributed by atoms with van der Waals surface area (Å²) < 4.78 is 0. The Morgan fingerprint density at radius 2 is 2.17 bits per heavy atom. The Balaban J connectivity index is 1.77. The minimum absolute atomic E-state index is 0.00910. The molecule has 0 spiro atoms. The average Bonchev–Trinajstić information content (AvgIpc) is 2.64. The number of carbonyl (C=O) groups excluding carboxylic acids is 1. The highest BCUT2D eigenvalue weighted by molar-refractivity contribution is 6.27. The Morgan fingerprint density at radius 1 is 1.38 bits per heavy atom. The van der Waals surface area contributed by atoms with Gasteiger partial charge in [0.1, 0.15) is 11.6 Å². The molecular formula is C17H19ClN4O2. The molecule has 1 fully saturated rings. The second-order valence-electron chi connectivity index (χ2n) is 5.82.